The monoisotopic (exact) mass is 863 g/mol. The largest absolute Gasteiger partial charge is 0.462 e. The van der Waals surface area contributed by atoms with Crippen molar-refractivity contribution in [3.8, 4) is 0 Å². The van der Waals surface area contributed by atoms with Crippen molar-refractivity contribution >= 4 is 17.9 Å². The van der Waals surface area contributed by atoms with Gasteiger partial charge in [-0.3, -0.25) is 14.4 Å². The van der Waals surface area contributed by atoms with Gasteiger partial charge in [0.1, 0.15) is 13.2 Å². The van der Waals surface area contributed by atoms with E-state index in [1.54, 1.807) is 0 Å². The van der Waals surface area contributed by atoms with Crippen LogP contribution in [0.2, 0.25) is 0 Å². The minimum atomic E-state index is -0.762. The van der Waals surface area contributed by atoms with E-state index in [0.29, 0.717) is 19.3 Å². The highest BCUT2D eigenvalue weighted by Gasteiger charge is 2.19. The molecule has 2 atom stereocenters. The van der Waals surface area contributed by atoms with Crippen molar-refractivity contribution in [2.24, 2.45) is 11.8 Å². The highest BCUT2D eigenvalue weighted by atomic mass is 16.6. The second kappa shape index (κ2) is 47.9. The third kappa shape index (κ3) is 47.7. The fourth-order valence-electron chi connectivity index (χ4n) is 8.31. The molecule has 0 aromatic carbocycles. The van der Waals surface area contributed by atoms with Gasteiger partial charge in [0.05, 0.1) is 0 Å². The number of esters is 3. The molecule has 0 heterocycles. The van der Waals surface area contributed by atoms with Crippen molar-refractivity contribution < 1.29 is 28.6 Å². The van der Waals surface area contributed by atoms with Crippen LogP contribution in [0.25, 0.3) is 0 Å². The van der Waals surface area contributed by atoms with Crippen molar-refractivity contribution in [1.82, 2.24) is 0 Å². The first-order chi connectivity index (χ1) is 29.8. The molecule has 0 radical (unpaired) electrons. The maximum atomic E-state index is 12.8. The van der Waals surface area contributed by atoms with Gasteiger partial charge >= 0.3 is 17.9 Å². The molecule has 0 aliphatic carbocycles. The van der Waals surface area contributed by atoms with E-state index in [-0.39, 0.29) is 31.1 Å². The molecule has 0 aromatic rings. The summed E-state index contributed by atoms with van der Waals surface area (Å²) in [6, 6.07) is 0. The average molecular weight is 863 g/mol. The van der Waals surface area contributed by atoms with Crippen molar-refractivity contribution in [3.63, 3.8) is 0 Å². The molecular formula is C55H106O6. The lowest BCUT2D eigenvalue weighted by Crippen LogP contribution is -2.30. The molecule has 0 saturated carbocycles. The van der Waals surface area contributed by atoms with Crippen molar-refractivity contribution in [1.29, 1.82) is 0 Å². The van der Waals surface area contributed by atoms with Crippen LogP contribution in [0.1, 0.15) is 304 Å². The van der Waals surface area contributed by atoms with Gasteiger partial charge < -0.3 is 14.2 Å². The second-order valence-corrected chi connectivity index (χ2v) is 19.6. The summed E-state index contributed by atoms with van der Waals surface area (Å²) in [5.74, 6) is 0.876. The Hall–Kier alpha value is -1.59. The molecule has 0 fully saturated rings. The molecular weight excluding hydrogens is 757 g/mol. The molecule has 0 bridgehead atoms. The SMILES string of the molecule is CCCCCCCCCCCCCC(=O)OC[C@@H](COC(=O)CCCCCCCCCCCCCCCCC(C)CC)OC(=O)CCCCCCCCCCCCCC(C)C. The van der Waals surface area contributed by atoms with E-state index in [2.05, 4.69) is 34.6 Å². The Kier molecular flexibility index (Phi) is 46.6. The number of unbranched alkanes of at least 4 members (excludes halogenated alkanes) is 33. The first-order valence-corrected chi connectivity index (χ1v) is 27.3. The molecule has 6 heteroatoms. The van der Waals surface area contributed by atoms with Crippen LogP contribution >= 0.6 is 0 Å². The Morgan fingerprint density at radius 2 is 0.623 bits per heavy atom. The highest BCUT2D eigenvalue weighted by Crippen LogP contribution is 2.18. The summed E-state index contributed by atoms with van der Waals surface area (Å²) in [5.41, 5.74) is 0. The van der Waals surface area contributed by atoms with E-state index < -0.39 is 6.10 Å². The van der Waals surface area contributed by atoms with Crippen LogP contribution in [0.3, 0.4) is 0 Å². The smallest absolute Gasteiger partial charge is 0.306 e. The van der Waals surface area contributed by atoms with E-state index in [4.69, 9.17) is 14.2 Å². The van der Waals surface area contributed by atoms with E-state index in [1.807, 2.05) is 0 Å². The second-order valence-electron chi connectivity index (χ2n) is 19.6. The van der Waals surface area contributed by atoms with Crippen LogP contribution in [0.4, 0.5) is 0 Å². The molecule has 0 aromatic heterocycles. The molecule has 362 valence electrons. The van der Waals surface area contributed by atoms with Gasteiger partial charge in [-0.1, -0.05) is 266 Å². The summed E-state index contributed by atoms with van der Waals surface area (Å²) in [5, 5.41) is 0. The van der Waals surface area contributed by atoms with E-state index in [1.165, 1.54) is 193 Å². The van der Waals surface area contributed by atoms with Crippen LogP contribution < -0.4 is 0 Å². The maximum absolute atomic E-state index is 12.8. The Morgan fingerprint density at radius 3 is 0.934 bits per heavy atom. The molecule has 0 aliphatic heterocycles. The van der Waals surface area contributed by atoms with Crippen LogP contribution in [-0.4, -0.2) is 37.2 Å². The van der Waals surface area contributed by atoms with Gasteiger partial charge in [0.15, 0.2) is 6.10 Å². The van der Waals surface area contributed by atoms with Gasteiger partial charge in [-0.25, -0.2) is 0 Å². The lowest BCUT2D eigenvalue weighted by atomic mass is 9.99. The maximum Gasteiger partial charge on any atom is 0.306 e. The Bertz CT molecular complexity index is 933. The van der Waals surface area contributed by atoms with Crippen LogP contribution in [0.15, 0.2) is 0 Å². The van der Waals surface area contributed by atoms with Crippen molar-refractivity contribution in [2.45, 2.75) is 310 Å². The normalized spacial score (nSPS) is 12.5. The lowest BCUT2D eigenvalue weighted by molar-refractivity contribution is -0.167. The average Bonchev–Trinajstić information content (AvgIpc) is 3.24. The Labute approximate surface area is 380 Å². The van der Waals surface area contributed by atoms with Gasteiger partial charge in [0.25, 0.3) is 0 Å². The van der Waals surface area contributed by atoms with Crippen LogP contribution in [0, 0.1) is 11.8 Å². The molecule has 61 heavy (non-hydrogen) atoms. The lowest BCUT2D eigenvalue weighted by Gasteiger charge is -2.18. The first-order valence-electron chi connectivity index (χ1n) is 27.3. The van der Waals surface area contributed by atoms with Crippen molar-refractivity contribution in [3.05, 3.63) is 0 Å². The predicted molar refractivity (Wildman–Crippen MR) is 261 cm³/mol. The summed E-state index contributed by atoms with van der Waals surface area (Å²) < 4.78 is 16.8. The summed E-state index contributed by atoms with van der Waals surface area (Å²) in [6.45, 7) is 11.4. The third-order valence-electron chi connectivity index (χ3n) is 12.8. The number of rotatable bonds is 49. The van der Waals surface area contributed by atoms with Gasteiger partial charge in [0, 0.05) is 19.3 Å². The number of hydrogen-bond acceptors (Lipinski definition) is 6. The zero-order valence-corrected chi connectivity index (χ0v) is 41.8. The molecule has 1 unspecified atom stereocenters. The van der Waals surface area contributed by atoms with E-state index in [9.17, 15) is 14.4 Å². The molecule has 0 saturated heterocycles. The predicted octanol–water partition coefficient (Wildman–Crippen LogP) is 17.7. The van der Waals surface area contributed by atoms with Gasteiger partial charge in [-0.05, 0) is 31.1 Å². The summed E-state index contributed by atoms with van der Waals surface area (Å²) in [6.07, 6.45) is 49.4. The third-order valence-corrected chi connectivity index (χ3v) is 12.8. The van der Waals surface area contributed by atoms with Gasteiger partial charge in [-0.15, -0.1) is 0 Å². The fourth-order valence-corrected chi connectivity index (χ4v) is 8.31. The number of carbonyl (C=O) groups excluding carboxylic acids is 3. The minimum absolute atomic E-state index is 0.0632. The Morgan fingerprint density at radius 1 is 0.344 bits per heavy atom. The molecule has 6 nitrogen and oxygen atoms in total. The number of hydrogen-bond donors (Lipinski definition) is 0. The fraction of sp³-hybridized carbons (Fsp3) is 0.945. The standard InChI is InChI=1S/C55H106O6/c1-6-8-9-10-11-12-18-25-30-35-40-45-53(56)59-48-52(61-55(58)47-42-37-32-27-22-17-19-23-28-33-38-43-50(3)4)49-60-54(57)46-41-36-31-26-21-16-14-13-15-20-24-29-34-39-44-51(5)7-2/h50-52H,6-49H2,1-5H3/t51?,52-/m0/s1. The van der Waals surface area contributed by atoms with Crippen molar-refractivity contribution in [2.75, 3.05) is 13.2 Å². The van der Waals surface area contributed by atoms with Gasteiger partial charge in [-0.2, -0.15) is 0 Å². The topological polar surface area (TPSA) is 78.9 Å². The zero-order valence-electron chi connectivity index (χ0n) is 41.8. The molecule has 0 aliphatic rings. The van der Waals surface area contributed by atoms with Gasteiger partial charge in [0.2, 0.25) is 0 Å². The minimum Gasteiger partial charge on any atom is -0.462 e. The first kappa shape index (κ1) is 59.4. The summed E-state index contributed by atoms with van der Waals surface area (Å²) >= 11 is 0. The summed E-state index contributed by atoms with van der Waals surface area (Å²) in [4.78, 5) is 38.0. The molecule has 0 amide bonds. The molecule has 0 spiro atoms. The van der Waals surface area contributed by atoms with Crippen LogP contribution in [-0.2, 0) is 28.6 Å². The zero-order chi connectivity index (χ0) is 44.7. The number of ether oxygens (including phenoxy) is 3. The van der Waals surface area contributed by atoms with E-state index in [0.717, 1.165) is 69.6 Å². The Balaban J connectivity index is 4.27. The molecule has 0 rings (SSSR count). The highest BCUT2D eigenvalue weighted by molar-refractivity contribution is 5.71. The number of carbonyl (C=O) groups is 3. The quantitative estimate of drug-likeness (QED) is 0.0344. The van der Waals surface area contributed by atoms with E-state index >= 15 is 0 Å². The summed E-state index contributed by atoms with van der Waals surface area (Å²) in [7, 11) is 0. The molecule has 0 N–H and O–H groups in total. The van der Waals surface area contributed by atoms with Crippen LogP contribution in [0.5, 0.6) is 0 Å².